The normalized spacial score (nSPS) is 21.8. The fraction of sp³-hybridized carbons (Fsp3) is 1.00. The molecule has 1 fully saturated rings. The summed E-state index contributed by atoms with van der Waals surface area (Å²) in [6.45, 7) is 11.4. The SMILES string of the molecule is CC(C)C(C)(C)C1CCOCC1. The second kappa shape index (κ2) is 3.78. The van der Waals surface area contributed by atoms with Gasteiger partial charge in [0, 0.05) is 13.2 Å². The third-order valence-corrected chi connectivity index (χ3v) is 3.76. The Balaban J connectivity index is 2.53. The van der Waals surface area contributed by atoms with Crippen molar-refractivity contribution in [1.29, 1.82) is 0 Å². The number of rotatable bonds is 2. The van der Waals surface area contributed by atoms with E-state index >= 15 is 0 Å². The minimum absolute atomic E-state index is 0.490. The Labute approximate surface area is 76.5 Å². The highest BCUT2D eigenvalue weighted by atomic mass is 16.5. The molecule has 0 bridgehead atoms. The predicted molar refractivity (Wildman–Crippen MR) is 52.2 cm³/mol. The minimum atomic E-state index is 0.490. The highest BCUT2D eigenvalue weighted by Gasteiger charge is 2.33. The first-order valence-electron chi connectivity index (χ1n) is 5.13. The molecule has 0 atom stereocenters. The Hall–Kier alpha value is -0.0400. The van der Waals surface area contributed by atoms with Gasteiger partial charge in [-0.25, -0.2) is 0 Å². The lowest BCUT2D eigenvalue weighted by molar-refractivity contribution is 0.00525. The zero-order valence-corrected chi connectivity index (χ0v) is 8.89. The summed E-state index contributed by atoms with van der Waals surface area (Å²) in [6, 6.07) is 0. The average molecular weight is 170 g/mol. The fourth-order valence-electron chi connectivity index (χ4n) is 1.91. The largest absolute Gasteiger partial charge is 0.381 e. The summed E-state index contributed by atoms with van der Waals surface area (Å²) in [5.74, 6) is 1.65. The van der Waals surface area contributed by atoms with Crippen molar-refractivity contribution in [2.45, 2.75) is 40.5 Å². The van der Waals surface area contributed by atoms with Crippen molar-refractivity contribution in [2.75, 3.05) is 13.2 Å². The van der Waals surface area contributed by atoms with Crippen molar-refractivity contribution in [3.8, 4) is 0 Å². The van der Waals surface area contributed by atoms with Gasteiger partial charge in [-0.05, 0) is 30.1 Å². The summed E-state index contributed by atoms with van der Waals surface area (Å²) in [5.41, 5.74) is 0.490. The van der Waals surface area contributed by atoms with Crippen LogP contribution in [0.25, 0.3) is 0 Å². The molecule has 1 aliphatic heterocycles. The molecule has 0 N–H and O–H groups in total. The molecule has 0 amide bonds. The second-order valence-electron chi connectivity index (χ2n) is 4.86. The predicted octanol–water partition coefficient (Wildman–Crippen LogP) is 3.10. The van der Waals surface area contributed by atoms with E-state index < -0.39 is 0 Å². The second-order valence-corrected chi connectivity index (χ2v) is 4.86. The van der Waals surface area contributed by atoms with Gasteiger partial charge < -0.3 is 4.74 Å². The molecule has 1 saturated heterocycles. The van der Waals surface area contributed by atoms with Gasteiger partial charge in [0.25, 0.3) is 0 Å². The lowest BCUT2D eigenvalue weighted by Gasteiger charge is -2.40. The van der Waals surface area contributed by atoms with E-state index in [2.05, 4.69) is 27.7 Å². The highest BCUT2D eigenvalue weighted by molar-refractivity contribution is 4.82. The van der Waals surface area contributed by atoms with Gasteiger partial charge in [0.15, 0.2) is 0 Å². The van der Waals surface area contributed by atoms with E-state index in [0.29, 0.717) is 5.41 Å². The zero-order valence-electron chi connectivity index (χ0n) is 8.89. The van der Waals surface area contributed by atoms with E-state index in [4.69, 9.17) is 4.74 Å². The lowest BCUT2D eigenvalue weighted by atomic mass is 9.68. The van der Waals surface area contributed by atoms with Gasteiger partial charge in [-0.3, -0.25) is 0 Å². The van der Waals surface area contributed by atoms with Gasteiger partial charge in [-0.1, -0.05) is 27.7 Å². The minimum Gasteiger partial charge on any atom is -0.381 e. The third kappa shape index (κ3) is 2.01. The van der Waals surface area contributed by atoms with Crippen molar-refractivity contribution in [3.05, 3.63) is 0 Å². The maximum atomic E-state index is 5.37. The molecular weight excluding hydrogens is 148 g/mol. The van der Waals surface area contributed by atoms with Gasteiger partial charge in [0.1, 0.15) is 0 Å². The van der Waals surface area contributed by atoms with E-state index in [-0.39, 0.29) is 0 Å². The lowest BCUT2D eigenvalue weighted by Crippen LogP contribution is -2.33. The Morgan fingerprint density at radius 1 is 1.17 bits per heavy atom. The molecule has 0 saturated carbocycles. The summed E-state index contributed by atoms with van der Waals surface area (Å²) in [5, 5.41) is 0. The van der Waals surface area contributed by atoms with Crippen LogP contribution in [-0.2, 0) is 4.74 Å². The van der Waals surface area contributed by atoms with E-state index in [9.17, 15) is 0 Å². The summed E-state index contributed by atoms with van der Waals surface area (Å²) in [4.78, 5) is 0. The molecular formula is C11H22O. The maximum Gasteiger partial charge on any atom is 0.0468 e. The molecule has 0 unspecified atom stereocenters. The first-order valence-corrected chi connectivity index (χ1v) is 5.13. The molecule has 0 aromatic carbocycles. The van der Waals surface area contributed by atoms with E-state index in [1.165, 1.54) is 12.8 Å². The van der Waals surface area contributed by atoms with Crippen LogP contribution >= 0.6 is 0 Å². The summed E-state index contributed by atoms with van der Waals surface area (Å²) < 4.78 is 5.37. The average Bonchev–Trinajstić information content (AvgIpc) is 2.06. The smallest absolute Gasteiger partial charge is 0.0468 e. The van der Waals surface area contributed by atoms with Crippen molar-refractivity contribution < 1.29 is 4.74 Å². The van der Waals surface area contributed by atoms with Crippen LogP contribution in [0.1, 0.15) is 40.5 Å². The van der Waals surface area contributed by atoms with Crippen molar-refractivity contribution in [1.82, 2.24) is 0 Å². The number of ether oxygens (including phenoxy) is 1. The molecule has 0 aromatic rings. The highest BCUT2D eigenvalue weighted by Crippen LogP contribution is 2.40. The quantitative estimate of drug-likeness (QED) is 0.619. The molecule has 0 aromatic heterocycles. The zero-order chi connectivity index (χ0) is 9.19. The third-order valence-electron chi connectivity index (χ3n) is 3.76. The van der Waals surface area contributed by atoms with E-state index in [1.54, 1.807) is 0 Å². The summed E-state index contributed by atoms with van der Waals surface area (Å²) in [7, 11) is 0. The Bertz CT molecular complexity index is 132. The summed E-state index contributed by atoms with van der Waals surface area (Å²) in [6.07, 6.45) is 2.51. The summed E-state index contributed by atoms with van der Waals surface area (Å²) >= 11 is 0. The molecule has 12 heavy (non-hydrogen) atoms. The van der Waals surface area contributed by atoms with Crippen LogP contribution in [0.4, 0.5) is 0 Å². The van der Waals surface area contributed by atoms with Gasteiger partial charge in [0.05, 0.1) is 0 Å². The Morgan fingerprint density at radius 2 is 1.67 bits per heavy atom. The molecule has 1 heteroatoms. The number of hydrogen-bond donors (Lipinski definition) is 0. The number of hydrogen-bond acceptors (Lipinski definition) is 1. The standard InChI is InChI=1S/C11H22O/c1-9(2)11(3,4)10-5-7-12-8-6-10/h9-10H,5-8H2,1-4H3. The van der Waals surface area contributed by atoms with Crippen LogP contribution in [0.2, 0.25) is 0 Å². The first-order chi connectivity index (χ1) is 5.55. The van der Waals surface area contributed by atoms with Crippen LogP contribution in [-0.4, -0.2) is 13.2 Å². The van der Waals surface area contributed by atoms with Gasteiger partial charge in [-0.15, -0.1) is 0 Å². The maximum absolute atomic E-state index is 5.37. The molecule has 0 aliphatic carbocycles. The van der Waals surface area contributed by atoms with Crippen molar-refractivity contribution in [2.24, 2.45) is 17.3 Å². The van der Waals surface area contributed by atoms with Crippen LogP contribution < -0.4 is 0 Å². The topological polar surface area (TPSA) is 9.23 Å². The van der Waals surface area contributed by atoms with Crippen molar-refractivity contribution in [3.63, 3.8) is 0 Å². The van der Waals surface area contributed by atoms with Crippen molar-refractivity contribution >= 4 is 0 Å². The molecule has 1 rings (SSSR count). The van der Waals surface area contributed by atoms with E-state index in [0.717, 1.165) is 25.0 Å². The van der Waals surface area contributed by atoms with Crippen LogP contribution in [0, 0.1) is 17.3 Å². The molecule has 0 radical (unpaired) electrons. The molecule has 1 nitrogen and oxygen atoms in total. The Kier molecular flexibility index (Phi) is 3.16. The first kappa shape index (κ1) is 10.0. The molecule has 72 valence electrons. The van der Waals surface area contributed by atoms with Crippen LogP contribution in [0.15, 0.2) is 0 Å². The van der Waals surface area contributed by atoms with Crippen LogP contribution in [0.3, 0.4) is 0 Å². The molecule has 1 aliphatic rings. The molecule has 0 spiro atoms. The van der Waals surface area contributed by atoms with Crippen LogP contribution in [0.5, 0.6) is 0 Å². The van der Waals surface area contributed by atoms with Gasteiger partial charge in [-0.2, -0.15) is 0 Å². The molecule has 1 heterocycles. The van der Waals surface area contributed by atoms with Gasteiger partial charge >= 0.3 is 0 Å². The van der Waals surface area contributed by atoms with Gasteiger partial charge in [0.2, 0.25) is 0 Å². The monoisotopic (exact) mass is 170 g/mol. The fourth-order valence-corrected chi connectivity index (χ4v) is 1.91. The Morgan fingerprint density at radius 3 is 2.08 bits per heavy atom. The van der Waals surface area contributed by atoms with E-state index in [1.807, 2.05) is 0 Å².